The molecule has 0 fully saturated rings. The van der Waals surface area contributed by atoms with Crippen LogP contribution in [-0.2, 0) is 6.42 Å². The van der Waals surface area contributed by atoms with Crippen LogP contribution in [0.1, 0.15) is 17.5 Å². The van der Waals surface area contributed by atoms with Gasteiger partial charge >= 0.3 is 5.51 Å². The smallest absolute Gasteiger partial charge is 0.319 e. The standard InChI is InChI=1S/C14H20F3NS/c1-11-3-5-12(6-4-11)9-13(10-18-2)7-8-19-14(15,16)17/h3-6,13,18H,7-10H2,1-2H3. The van der Waals surface area contributed by atoms with Gasteiger partial charge in [-0.3, -0.25) is 0 Å². The topological polar surface area (TPSA) is 12.0 Å². The molecular formula is C14H20F3NS. The summed E-state index contributed by atoms with van der Waals surface area (Å²) in [5.74, 6) is 0.365. The zero-order valence-corrected chi connectivity index (χ0v) is 12.1. The number of nitrogens with one attached hydrogen (secondary N) is 1. The predicted octanol–water partition coefficient (Wildman–Crippen LogP) is 4.02. The van der Waals surface area contributed by atoms with Crippen LogP contribution in [-0.4, -0.2) is 24.9 Å². The molecule has 0 saturated heterocycles. The number of halogens is 3. The molecule has 1 aromatic carbocycles. The maximum Gasteiger partial charge on any atom is 0.441 e. The molecule has 1 N–H and O–H groups in total. The van der Waals surface area contributed by atoms with Gasteiger partial charge in [0.05, 0.1) is 0 Å². The highest BCUT2D eigenvalue weighted by Gasteiger charge is 2.28. The number of hydrogen-bond donors (Lipinski definition) is 1. The van der Waals surface area contributed by atoms with Gasteiger partial charge in [-0.15, -0.1) is 0 Å². The van der Waals surface area contributed by atoms with Crippen LogP contribution < -0.4 is 5.32 Å². The van der Waals surface area contributed by atoms with Crippen molar-refractivity contribution in [2.45, 2.75) is 25.3 Å². The number of aryl methyl sites for hydroxylation is 1. The molecule has 0 aromatic heterocycles. The molecule has 19 heavy (non-hydrogen) atoms. The molecule has 0 heterocycles. The lowest BCUT2D eigenvalue weighted by molar-refractivity contribution is -0.0328. The molecule has 0 saturated carbocycles. The average molecular weight is 291 g/mol. The molecule has 0 spiro atoms. The van der Waals surface area contributed by atoms with E-state index in [0.29, 0.717) is 6.42 Å². The highest BCUT2D eigenvalue weighted by Crippen LogP contribution is 2.31. The maximum atomic E-state index is 12.1. The second-order valence-corrected chi connectivity index (χ2v) is 5.86. The molecule has 0 aliphatic heterocycles. The van der Waals surface area contributed by atoms with Crippen LogP contribution >= 0.6 is 11.8 Å². The molecule has 108 valence electrons. The van der Waals surface area contributed by atoms with Crippen LogP contribution in [0.3, 0.4) is 0 Å². The number of benzene rings is 1. The molecule has 1 nitrogen and oxygen atoms in total. The summed E-state index contributed by atoms with van der Waals surface area (Å²) in [7, 11) is 1.83. The first-order chi connectivity index (χ1) is 8.90. The molecule has 1 rings (SSSR count). The number of rotatable bonds is 7. The van der Waals surface area contributed by atoms with E-state index >= 15 is 0 Å². The highest BCUT2D eigenvalue weighted by molar-refractivity contribution is 8.00. The third kappa shape index (κ3) is 7.47. The van der Waals surface area contributed by atoms with E-state index in [1.807, 2.05) is 26.1 Å². The van der Waals surface area contributed by atoms with Crippen molar-refractivity contribution >= 4 is 11.8 Å². The number of alkyl halides is 3. The molecule has 0 bridgehead atoms. The minimum absolute atomic E-state index is 0.0730. The van der Waals surface area contributed by atoms with E-state index in [4.69, 9.17) is 0 Å². The van der Waals surface area contributed by atoms with Gasteiger partial charge in [0.15, 0.2) is 0 Å². The second-order valence-electron chi connectivity index (χ2n) is 4.70. The first-order valence-electron chi connectivity index (χ1n) is 6.31. The third-order valence-electron chi connectivity index (χ3n) is 2.93. The third-order valence-corrected chi connectivity index (χ3v) is 3.70. The van der Waals surface area contributed by atoms with E-state index in [9.17, 15) is 13.2 Å². The van der Waals surface area contributed by atoms with Crippen LogP contribution in [0.2, 0.25) is 0 Å². The van der Waals surface area contributed by atoms with Crippen molar-refractivity contribution < 1.29 is 13.2 Å². The molecular weight excluding hydrogens is 271 g/mol. The molecule has 1 aromatic rings. The van der Waals surface area contributed by atoms with Crippen LogP contribution in [0, 0.1) is 12.8 Å². The Morgan fingerprint density at radius 1 is 1.21 bits per heavy atom. The largest absolute Gasteiger partial charge is 0.441 e. The van der Waals surface area contributed by atoms with Gasteiger partial charge in [-0.2, -0.15) is 13.2 Å². The van der Waals surface area contributed by atoms with Gasteiger partial charge in [-0.05, 0) is 44.8 Å². The zero-order chi connectivity index (χ0) is 14.3. The summed E-state index contributed by atoms with van der Waals surface area (Å²) in [5.41, 5.74) is -1.74. The van der Waals surface area contributed by atoms with Crippen LogP contribution in [0.15, 0.2) is 24.3 Å². The summed E-state index contributed by atoms with van der Waals surface area (Å²) < 4.78 is 36.3. The van der Waals surface area contributed by atoms with E-state index in [0.717, 1.165) is 13.0 Å². The van der Waals surface area contributed by atoms with E-state index in [1.165, 1.54) is 11.1 Å². The van der Waals surface area contributed by atoms with E-state index in [1.54, 1.807) is 0 Å². The summed E-state index contributed by atoms with van der Waals surface area (Å²) in [6.07, 6.45) is 1.39. The fourth-order valence-electron chi connectivity index (χ4n) is 1.96. The minimum Gasteiger partial charge on any atom is -0.319 e. The Labute approximate surface area is 117 Å². The Balaban J connectivity index is 2.45. The predicted molar refractivity (Wildman–Crippen MR) is 75.4 cm³/mol. The van der Waals surface area contributed by atoms with E-state index in [-0.39, 0.29) is 23.4 Å². The van der Waals surface area contributed by atoms with Crippen molar-refractivity contribution in [2.24, 2.45) is 5.92 Å². The fourth-order valence-corrected chi connectivity index (χ4v) is 2.65. The van der Waals surface area contributed by atoms with Gasteiger partial charge < -0.3 is 5.32 Å². The SMILES string of the molecule is CNCC(CCSC(F)(F)F)Cc1ccc(C)cc1. The van der Waals surface area contributed by atoms with Gasteiger partial charge in [0.25, 0.3) is 0 Å². The number of hydrogen-bond acceptors (Lipinski definition) is 2. The summed E-state index contributed by atoms with van der Waals surface area (Å²) in [4.78, 5) is 0. The molecule has 1 unspecified atom stereocenters. The van der Waals surface area contributed by atoms with Crippen molar-refractivity contribution in [1.82, 2.24) is 5.32 Å². The quantitative estimate of drug-likeness (QED) is 0.814. The average Bonchev–Trinajstić information content (AvgIpc) is 2.30. The summed E-state index contributed by atoms with van der Waals surface area (Å²) in [6.45, 7) is 2.77. The zero-order valence-electron chi connectivity index (χ0n) is 11.3. The lowest BCUT2D eigenvalue weighted by Crippen LogP contribution is -2.22. The molecule has 0 aliphatic rings. The van der Waals surface area contributed by atoms with Crippen molar-refractivity contribution in [3.8, 4) is 0 Å². The Bertz CT molecular complexity index is 362. The van der Waals surface area contributed by atoms with Crippen molar-refractivity contribution in [1.29, 1.82) is 0 Å². The second kappa shape index (κ2) is 7.80. The Hall–Kier alpha value is -0.680. The molecule has 1 atom stereocenters. The maximum absolute atomic E-state index is 12.1. The van der Waals surface area contributed by atoms with Crippen LogP contribution in [0.4, 0.5) is 13.2 Å². The monoisotopic (exact) mass is 291 g/mol. The molecule has 0 amide bonds. The van der Waals surface area contributed by atoms with Gasteiger partial charge in [-0.25, -0.2) is 0 Å². The van der Waals surface area contributed by atoms with Crippen LogP contribution in [0.5, 0.6) is 0 Å². The van der Waals surface area contributed by atoms with Gasteiger partial charge in [0.1, 0.15) is 0 Å². The molecule has 5 heteroatoms. The summed E-state index contributed by atoms with van der Waals surface area (Å²) >= 11 is 0.0730. The van der Waals surface area contributed by atoms with E-state index in [2.05, 4.69) is 17.4 Å². The molecule has 0 aliphatic carbocycles. The van der Waals surface area contributed by atoms with Gasteiger partial charge in [0, 0.05) is 5.75 Å². The lowest BCUT2D eigenvalue weighted by atomic mass is 9.96. The highest BCUT2D eigenvalue weighted by atomic mass is 32.2. The normalized spacial score (nSPS) is 13.5. The van der Waals surface area contributed by atoms with Gasteiger partial charge in [-0.1, -0.05) is 41.6 Å². The number of thioether (sulfide) groups is 1. The van der Waals surface area contributed by atoms with Crippen molar-refractivity contribution in [2.75, 3.05) is 19.3 Å². The Morgan fingerprint density at radius 3 is 2.37 bits per heavy atom. The Morgan fingerprint density at radius 2 is 1.84 bits per heavy atom. The van der Waals surface area contributed by atoms with Crippen LogP contribution in [0.25, 0.3) is 0 Å². The summed E-state index contributed by atoms with van der Waals surface area (Å²) in [6, 6.07) is 8.18. The lowest BCUT2D eigenvalue weighted by Gasteiger charge is -2.17. The van der Waals surface area contributed by atoms with Crippen molar-refractivity contribution in [3.63, 3.8) is 0 Å². The van der Waals surface area contributed by atoms with Gasteiger partial charge in [0.2, 0.25) is 0 Å². The van der Waals surface area contributed by atoms with Crippen molar-refractivity contribution in [3.05, 3.63) is 35.4 Å². The summed E-state index contributed by atoms with van der Waals surface area (Å²) in [5, 5.41) is 3.06. The first kappa shape index (κ1) is 16.4. The fraction of sp³-hybridized carbons (Fsp3) is 0.571. The minimum atomic E-state index is -4.12. The van der Waals surface area contributed by atoms with E-state index < -0.39 is 5.51 Å². The molecule has 0 radical (unpaired) electrons. The Kier molecular flexibility index (Phi) is 6.72. The first-order valence-corrected chi connectivity index (χ1v) is 7.30.